The van der Waals surface area contributed by atoms with E-state index in [-0.39, 0.29) is 12.5 Å². The third-order valence-electron chi connectivity index (χ3n) is 2.21. The van der Waals surface area contributed by atoms with Crippen LogP contribution in [-0.2, 0) is 0 Å². The van der Waals surface area contributed by atoms with Gasteiger partial charge in [0.1, 0.15) is 0 Å². The summed E-state index contributed by atoms with van der Waals surface area (Å²) in [7, 11) is 0. The standard InChI is InChI=1S/C11H16N4O3/c16-6-5-12-3-4-13-11(17)9-1-2-10(8-15-18)14-7-9/h1-2,7-8,12,16,18H,3-6H2,(H,13,17)/p+1/b15-8+. The fourth-order valence-electron chi connectivity index (χ4n) is 1.30. The number of nitrogens with zero attached hydrogens (tertiary/aromatic N) is 2. The summed E-state index contributed by atoms with van der Waals surface area (Å²) in [5.74, 6) is -0.201. The van der Waals surface area contributed by atoms with Crippen molar-refractivity contribution in [2.45, 2.75) is 0 Å². The summed E-state index contributed by atoms with van der Waals surface area (Å²) in [5.41, 5.74) is 0.928. The van der Waals surface area contributed by atoms with E-state index in [0.717, 1.165) is 6.54 Å². The van der Waals surface area contributed by atoms with Gasteiger partial charge in [-0.05, 0) is 12.1 Å². The van der Waals surface area contributed by atoms with Gasteiger partial charge in [0.15, 0.2) is 0 Å². The van der Waals surface area contributed by atoms with Crippen LogP contribution in [0, 0.1) is 0 Å². The molecule has 1 aromatic heterocycles. The number of aromatic nitrogens is 1. The van der Waals surface area contributed by atoms with E-state index in [1.54, 1.807) is 12.1 Å². The highest BCUT2D eigenvalue weighted by atomic mass is 16.4. The Morgan fingerprint density at radius 2 is 2.33 bits per heavy atom. The second-order valence-corrected chi connectivity index (χ2v) is 3.56. The topological polar surface area (TPSA) is 111 Å². The quantitative estimate of drug-likeness (QED) is 0.198. The Morgan fingerprint density at radius 1 is 1.50 bits per heavy atom. The van der Waals surface area contributed by atoms with Crippen LogP contribution in [0.4, 0.5) is 0 Å². The van der Waals surface area contributed by atoms with Crippen LogP contribution < -0.4 is 10.6 Å². The summed E-state index contributed by atoms with van der Waals surface area (Å²) in [5, 5.41) is 24.4. The molecule has 0 unspecified atom stereocenters. The smallest absolute Gasteiger partial charge is 0.253 e. The molecule has 1 rings (SSSR count). The van der Waals surface area contributed by atoms with Gasteiger partial charge in [0, 0.05) is 6.20 Å². The lowest BCUT2D eigenvalue weighted by Gasteiger charge is -2.04. The Labute approximate surface area is 105 Å². The first-order valence-electron chi connectivity index (χ1n) is 5.62. The summed E-state index contributed by atoms with van der Waals surface area (Å²) < 4.78 is 0. The molecular weight excluding hydrogens is 236 g/mol. The van der Waals surface area contributed by atoms with Crippen LogP contribution >= 0.6 is 0 Å². The van der Waals surface area contributed by atoms with Gasteiger partial charge in [0.2, 0.25) is 0 Å². The zero-order valence-electron chi connectivity index (χ0n) is 9.91. The molecule has 18 heavy (non-hydrogen) atoms. The highest BCUT2D eigenvalue weighted by Crippen LogP contribution is 1.98. The lowest BCUT2D eigenvalue weighted by atomic mass is 10.2. The van der Waals surface area contributed by atoms with Gasteiger partial charge >= 0.3 is 0 Å². The Bertz CT molecular complexity index is 392. The highest BCUT2D eigenvalue weighted by molar-refractivity contribution is 5.94. The van der Waals surface area contributed by atoms with E-state index >= 15 is 0 Å². The predicted octanol–water partition coefficient (Wildman–Crippen LogP) is -1.82. The van der Waals surface area contributed by atoms with Gasteiger partial charge in [-0.25, -0.2) is 0 Å². The van der Waals surface area contributed by atoms with Crippen molar-refractivity contribution in [1.29, 1.82) is 0 Å². The van der Waals surface area contributed by atoms with Gasteiger partial charge in [-0.1, -0.05) is 5.16 Å². The van der Waals surface area contributed by atoms with Crippen LogP contribution in [-0.4, -0.2) is 53.7 Å². The number of hydrogen-bond donors (Lipinski definition) is 4. The SMILES string of the molecule is O=C(NCC[NH2+]CCO)c1ccc(/C=N/O)nc1. The minimum absolute atomic E-state index is 0.131. The normalized spacial score (nSPS) is 10.7. The van der Waals surface area contributed by atoms with Crippen molar-refractivity contribution < 1.29 is 20.4 Å². The molecule has 0 spiro atoms. The number of nitrogens with two attached hydrogens (primary N) is 1. The first-order valence-corrected chi connectivity index (χ1v) is 5.62. The number of pyridine rings is 1. The van der Waals surface area contributed by atoms with E-state index in [1.165, 1.54) is 12.4 Å². The lowest BCUT2D eigenvalue weighted by molar-refractivity contribution is -0.654. The average Bonchev–Trinajstić information content (AvgIpc) is 2.39. The number of amides is 1. The maximum atomic E-state index is 11.6. The van der Waals surface area contributed by atoms with Crippen molar-refractivity contribution >= 4 is 12.1 Å². The van der Waals surface area contributed by atoms with Crippen LogP contribution in [0.15, 0.2) is 23.5 Å². The van der Waals surface area contributed by atoms with Crippen molar-refractivity contribution in [3.8, 4) is 0 Å². The van der Waals surface area contributed by atoms with Crippen molar-refractivity contribution in [1.82, 2.24) is 10.3 Å². The van der Waals surface area contributed by atoms with Gasteiger partial charge in [-0.15, -0.1) is 0 Å². The number of quaternary nitrogens is 1. The molecule has 98 valence electrons. The van der Waals surface area contributed by atoms with E-state index in [0.29, 0.717) is 24.3 Å². The van der Waals surface area contributed by atoms with Gasteiger partial charge in [0.05, 0.1) is 43.7 Å². The zero-order valence-corrected chi connectivity index (χ0v) is 9.91. The molecule has 1 amide bonds. The molecule has 0 saturated carbocycles. The first-order chi connectivity index (χ1) is 8.77. The van der Waals surface area contributed by atoms with E-state index in [4.69, 9.17) is 10.3 Å². The Balaban J connectivity index is 2.37. The molecule has 7 heteroatoms. The van der Waals surface area contributed by atoms with E-state index < -0.39 is 0 Å². The number of carbonyl (C=O) groups is 1. The first kappa shape index (κ1) is 14.1. The van der Waals surface area contributed by atoms with Crippen LogP contribution in [0.3, 0.4) is 0 Å². The Morgan fingerprint density at radius 3 is 2.94 bits per heavy atom. The van der Waals surface area contributed by atoms with E-state index in [1.807, 2.05) is 5.32 Å². The molecule has 0 saturated heterocycles. The second kappa shape index (κ2) is 8.15. The molecule has 1 aromatic rings. The summed E-state index contributed by atoms with van der Waals surface area (Å²) in [6.45, 7) is 2.01. The molecule has 7 nitrogen and oxygen atoms in total. The monoisotopic (exact) mass is 253 g/mol. The predicted molar refractivity (Wildman–Crippen MR) is 64.7 cm³/mol. The molecule has 0 fully saturated rings. The maximum Gasteiger partial charge on any atom is 0.253 e. The van der Waals surface area contributed by atoms with Crippen molar-refractivity contribution in [3.63, 3.8) is 0 Å². The van der Waals surface area contributed by atoms with Crippen LogP contribution in [0.1, 0.15) is 16.1 Å². The Kier molecular flexibility index (Phi) is 6.37. The number of aliphatic hydroxyl groups is 1. The number of oxime groups is 1. The second-order valence-electron chi connectivity index (χ2n) is 3.56. The fourth-order valence-corrected chi connectivity index (χ4v) is 1.30. The number of hydrogen-bond acceptors (Lipinski definition) is 5. The molecule has 0 aliphatic heterocycles. The van der Waals surface area contributed by atoms with Crippen molar-refractivity contribution in [2.24, 2.45) is 5.16 Å². The molecule has 0 radical (unpaired) electrons. The number of nitrogens with one attached hydrogen (secondary N) is 1. The number of carbonyl (C=O) groups excluding carboxylic acids is 1. The van der Waals surface area contributed by atoms with Crippen molar-refractivity contribution in [3.05, 3.63) is 29.6 Å². The molecule has 0 aliphatic rings. The van der Waals surface area contributed by atoms with Gasteiger partial charge in [-0.2, -0.15) is 0 Å². The van der Waals surface area contributed by atoms with Gasteiger partial charge in [0.25, 0.3) is 5.91 Å². The molecule has 0 atom stereocenters. The van der Waals surface area contributed by atoms with Crippen LogP contribution in [0.25, 0.3) is 0 Å². The highest BCUT2D eigenvalue weighted by Gasteiger charge is 2.05. The van der Waals surface area contributed by atoms with Crippen molar-refractivity contribution in [2.75, 3.05) is 26.2 Å². The fraction of sp³-hybridized carbons (Fsp3) is 0.364. The van der Waals surface area contributed by atoms with Crippen LogP contribution in [0.5, 0.6) is 0 Å². The average molecular weight is 253 g/mol. The number of aliphatic hydroxyl groups excluding tert-OH is 1. The third kappa shape index (κ3) is 4.89. The summed E-state index contributed by atoms with van der Waals surface area (Å²) >= 11 is 0. The molecule has 0 aromatic carbocycles. The lowest BCUT2D eigenvalue weighted by Crippen LogP contribution is -2.86. The molecule has 1 heterocycles. The minimum Gasteiger partial charge on any atom is -0.411 e. The summed E-state index contributed by atoms with van der Waals surface area (Å²) in [6.07, 6.45) is 2.61. The number of rotatable bonds is 7. The van der Waals surface area contributed by atoms with Crippen LogP contribution in [0.2, 0.25) is 0 Å². The zero-order chi connectivity index (χ0) is 13.2. The molecule has 5 N–H and O–H groups in total. The van der Waals surface area contributed by atoms with E-state index in [9.17, 15) is 4.79 Å². The molecular formula is C11H17N4O3+. The largest absolute Gasteiger partial charge is 0.411 e. The van der Waals surface area contributed by atoms with E-state index in [2.05, 4.69) is 15.5 Å². The maximum absolute atomic E-state index is 11.6. The third-order valence-corrected chi connectivity index (χ3v) is 2.21. The minimum atomic E-state index is -0.201. The Hall–Kier alpha value is -1.99. The summed E-state index contributed by atoms with van der Waals surface area (Å²) in [6, 6.07) is 3.20. The summed E-state index contributed by atoms with van der Waals surface area (Å²) in [4.78, 5) is 15.6. The van der Waals surface area contributed by atoms with Gasteiger partial charge < -0.3 is 20.9 Å². The molecule has 0 bridgehead atoms. The van der Waals surface area contributed by atoms with Gasteiger partial charge in [-0.3, -0.25) is 9.78 Å². The molecule has 0 aliphatic carbocycles.